The Labute approximate surface area is 348 Å². The van der Waals surface area contributed by atoms with Crippen molar-refractivity contribution >= 4 is 0 Å². The van der Waals surface area contributed by atoms with Crippen LogP contribution in [0.3, 0.4) is 0 Å². The molecule has 0 aliphatic carbocycles. The largest absolute Gasteiger partial charge is 0.256 e. The highest BCUT2D eigenvalue weighted by Gasteiger charge is 2.16. The maximum absolute atomic E-state index is 5.10. The summed E-state index contributed by atoms with van der Waals surface area (Å²) in [5.74, 6) is 2.51. The first kappa shape index (κ1) is 36.1. The molecular weight excluding hydrogens is 733 g/mol. The maximum Gasteiger partial charge on any atom is 0.164 e. The van der Waals surface area contributed by atoms with Crippen LogP contribution in [0.5, 0.6) is 0 Å². The zero-order valence-electron chi connectivity index (χ0n) is 32.5. The second-order valence-corrected chi connectivity index (χ2v) is 14.4. The van der Waals surface area contributed by atoms with Gasteiger partial charge in [-0.25, -0.2) is 24.9 Å². The van der Waals surface area contributed by atoms with Gasteiger partial charge in [-0.1, -0.05) is 176 Å². The third-order valence-corrected chi connectivity index (χ3v) is 10.4. The molecule has 0 bridgehead atoms. The second kappa shape index (κ2) is 16.3. The molecule has 10 rings (SSSR count). The van der Waals surface area contributed by atoms with Crippen molar-refractivity contribution in [2.75, 3.05) is 0 Å². The zero-order valence-corrected chi connectivity index (χ0v) is 32.5. The topological polar surface area (TPSA) is 77.3 Å². The van der Waals surface area contributed by atoms with Crippen molar-refractivity contribution in [3.8, 4) is 102 Å². The Bertz CT molecular complexity index is 2920. The lowest BCUT2D eigenvalue weighted by atomic mass is 9.94. The Kier molecular flexibility index (Phi) is 9.84. The van der Waals surface area contributed by atoms with Crippen LogP contribution in [-0.2, 0) is 0 Å². The van der Waals surface area contributed by atoms with Crippen LogP contribution in [-0.4, -0.2) is 29.9 Å². The fraction of sp³-hybridized carbons (Fsp3) is 0. The van der Waals surface area contributed by atoms with Crippen LogP contribution in [0.25, 0.3) is 102 Å². The lowest BCUT2D eigenvalue weighted by Gasteiger charge is -2.13. The number of aromatic nitrogens is 6. The van der Waals surface area contributed by atoms with Gasteiger partial charge in [0.05, 0.1) is 17.1 Å². The van der Waals surface area contributed by atoms with E-state index in [4.69, 9.17) is 24.9 Å². The minimum atomic E-state index is 0.593. The highest BCUT2D eigenvalue weighted by atomic mass is 15.0. The van der Waals surface area contributed by atoms with Gasteiger partial charge < -0.3 is 0 Å². The third-order valence-electron chi connectivity index (χ3n) is 10.4. The van der Waals surface area contributed by atoms with Crippen molar-refractivity contribution in [1.29, 1.82) is 0 Å². The molecule has 0 saturated heterocycles. The lowest BCUT2D eigenvalue weighted by Crippen LogP contribution is -2.00. The van der Waals surface area contributed by atoms with Gasteiger partial charge in [-0.15, -0.1) is 0 Å². The summed E-state index contributed by atoms with van der Waals surface area (Å²) in [7, 11) is 0. The molecule has 282 valence electrons. The Morgan fingerprint density at radius 3 is 0.967 bits per heavy atom. The van der Waals surface area contributed by atoms with Crippen molar-refractivity contribution in [3.63, 3.8) is 0 Å². The number of pyridine rings is 1. The Hall–Kier alpha value is -8.22. The average Bonchev–Trinajstić information content (AvgIpc) is 3.35. The van der Waals surface area contributed by atoms with Gasteiger partial charge in [-0.2, -0.15) is 0 Å². The van der Waals surface area contributed by atoms with Crippen molar-refractivity contribution < 1.29 is 0 Å². The predicted octanol–water partition coefficient (Wildman–Crippen LogP) is 13.1. The number of hydrogen-bond donors (Lipinski definition) is 0. The molecule has 0 fully saturated rings. The van der Waals surface area contributed by atoms with Gasteiger partial charge in [0.15, 0.2) is 23.3 Å². The average molecular weight is 769 g/mol. The van der Waals surface area contributed by atoms with Crippen LogP contribution in [0.15, 0.2) is 219 Å². The van der Waals surface area contributed by atoms with E-state index in [0.717, 1.165) is 78.3 Å². The van der Waals surface area contributed by atoms with Crippen LogP contribution >= 0.6 is 0 Å². The number of hydrogen-bond acceptors (Lipinski definition) is 6. The van der Waals surface area contributed by atoms with Gasteiger partial charge in [0.2, 0.25) is 0 Å². The molecule has 0 aliphatic rings. The van der Waals surface area contributed by atoms with Gasteiger partial charge in [0.1, 0.15) is 0 Å². The lowest BCUT2D eigenvalue weighted by molar-refractivity contribution is 1.07. The molecule has 6 nitrogen and oxygen atoms in total. The predicted molar refractivity (Wildman–Crippen MR) is 242 cm³/mol. The summed E-state index contributed by atoms with van der Waals surface area (Å²) in [6, 6.07) is 72.3. The quantitative estimate of drug-likeness (QED) is 0.145. The van der Waals surface area contributed by atoms with E-state index in [1.807, 2.05) is 134 Å². The van der Waals surface area contributed by atoms with Gasteiger partial charge in [0, 0.05) is 45.1 Å². The van der Waals surface area contributed by atoms with Crippen LogP contribution in [0.4, 0.5) is 0 Å². The van der Waals surface area contributed by atoms with Crippen LogP contribution in [0.2, 0.25) is 0 Å². The molecule has 0 unspecified atom stereocenters. The normalized spacial score (nSPS) is 11.0. The number of rotatable bonds is 9. The highest BCUT2D eigenvalue weighted by molar-refractivity contribution is 5.82. The van der Waals surface area contributed by atoms with Gasteiger partial charge in [-0.05, 0) is 58.7 Å². The highest BCUT2D eigenvalue weighted by Crippen LogP contribution is 2.36. The summed E-state index contributed by atoms with van der Waals surface area (Å²) in [4.78, 5) is 29.8. The smallest absolute Gasteiger partial charge is 0.164 e. The van der Waals surface area contributed by atoms with Crippen molar-refractivity contribution in [2.45, 2.75) is 0 Å². The fourth-order valence-electron chi connectivity index (χ4n) is 7.30. The molecule has 3 aromatic heterocycles. The molecule has 0 N–H and O–H groups in total. The van der Waals surface area contributed by atoms with E-state index in [1.54, 1.807) is 0 Å². The molecule has 0 spiro atoms. The molecule has 0 radical (unpaired) electrons. The van der Waals surface area contributed by atoms with E-state index in [1.165, 1.54) is 0 Å². The van der Waals surface area contributed by atoms with E-state index < -0.39 is 0 Å². The Morgan fingerprint density at radius 1 is 0.200 bits per heavy atom. The standard InChI is InChI=1S/C54H36N6/c1-5-15-39(16-6-1)49-36-50(57-51(56-49)42-17-7-2-8-18-42)41-30-26-38(27-31-41)46-33-45(37-24-28-40(29-25-37)48-23-13-14-32-55-48)34-47(35-46)54-59-52(43-19-9-3-10-20-43)58-53(60-54)44-21-11-4-12-22-44/h1-36H. The monoisotopic (exact) mass is 768 g/mol. The number of benzene rings is 7. The van der Waals surface area contributed by atoms with Crippen LogP contribution in [0.1, 0.15) is 0 Å². The summed E-state index contributed by atoms with van der Waals surface area (Å²) < 4.78 is 0. The first-order valence-electron chi connectivity index (χ1n) is 19.9. The Morgan fingerprint density at radius 2 is 0.533 bits per heavy atom. The van der Waals surface area contributed by atoms with Crippen molar-refractivity contribution in [1.82, 2.24) is 29.9 Å². The molecule has 60 heavy (non-hydrogen) atoms. The van der Waals surface area contributed by atoms with Gasteiger partial charge in [-0.3, -0.25) is 4.98 Å². The molecule has 7 aromatic carbocycles. The molecule has 0 amide bonds. The Balaban J connectivity index is 1.09. The summed E-state index contributed by atoms with van der Waals surface area (Å²) in [6.45, 7) is 0. The van der Waals surface area contributed by atoms with Crippen LogP contribution in [0, 0.1) is 0 Å². The van der Waals surface area contributed by atoms with Gasteiger partial charge in [0.25, 0.3) is 0 Å². The summed E-state index contributed by atoms with van der Waals surface area (Å²) in [5.41, 5.74) is 13.6. The molecule has 0 aliphatic heterocycles. The SMILES string of the molecule is c1ccc(-c2cc(-c3ccc(-c4cc(-c5ccc(-c6ccccn6)cc5)cc(-c5nc(-c6ccccc6)nc(-c6ccccc6)n5)c4)cc3)nc(-c3ccccc3)n2)cc1. The van der Waals surface area contributed by atoms with Crippen LogP contribution < -0.4 is 0 Å². The van der Waals surface area contributed by atoms with Gasteiger partial charge >= 0.3 is 0 Å². The zero-order chi connectivity index (χ0) is 40.1. The minimum Gasteiger partial charge on any atom is -0.256 e. The molecule has 6 heteroatoms. The molecule has 0 atom stereocenters. The molecule has 3 heterocycles. The fourth-order valence-corrected chi connectivity index (χ4v) is 7.30. The molecular formula is C54H36N6. The molecule has 10 aromatic rings. The van der Waals surface area contributed by atoms with Crippen molar-refractivity contribution in [3.05, 3.63) is 219 Å². The van der Waals surface area contributed by atoms with E-state index >= 15 is 0 Å². The van der Waals surface area contributed by atoms with E-state index in [9.17, 15) is 0 Å². The van der Waals surface area contributed by atoms with E-state index in [-0.39, 0.29) is 0 Å². The first-order chi connectivity index (χ1) is 29.7. The second-order valence-electron chi connectivity index (χ2n) is 14.4. The molecule has 0 saturated carbocycles. The number of nitrogens with zero attached hydrogens (tertiary/aromatic N) is 6. The summed E-state index contributed by atoms with van der Waals surface area (Å²) in [6.07, 6.45) is 1.82. The van der Waals surface area contributed by atoms with E-state index in [0.29, 0.717) is 23.3 Å². The first-order valence-corrected chi connectivity index (χ1v) is 19.9. The maximum atomic E-state index is 5.10. The third kappa shape index (κ3) is 7.73. The minimum absolute atomic E-state index is 0.593. The summed E-state index contributed by atoms with van der Waals surface area (Å²) >= 11 is 0. The van der Waals surface area contributed by atoms with Crippen molar-refractivity contribution in [2.24, 2.45) is 0 Å². The van der Waals surface area contributed by atoms with E-state index in [2.05, 4.69) is 89.9 Å². The summed E-state index contributed by atoms with van der Waals surface area (Å²) in [5, 5.41) is 0.